The van der Waals surface area contributed by atoms with E-state index in [1.54, 1.807) is 7.11 Å². The zero-order chi connectivity index (χ0) is 9.80. The molecule has 2 nitrogen and oxygen atoms in total. The minimum atomic E-state index is 0.467. The molecule has 1 atom stereocenters. The normalized spacial score (nSPS) is 21.9. The van der Waals surface area contributed by atoms with Gasteiger partial charge in [-0.15, -0.1) is 11.8 Å². The molecule has 0 aromatic heterocycles. The van der Waals surface area contributed by atoms with Crippen LogP contribution in [0.25, 0.3) is 0 Å². The highest BCUT2D eigenvalue weighted by atomic mass is 32.2. The highest BCUT2D eigenvalue weighted by Crippen LogP contribution is 2.30. The van der Waals surface area contributed by atoms with Crippen molar-refractivity contribution in [2.45, 2.75) is 11.8 Å². The van der Waals surface area contributed by atoms with Crippen LogP contribution in [-0.4, -0.2) is 19.4 Å². The summed E-state index contributed by atoms with van der Waals surface area (Å²) in [6.45, 7) is 1.13. The number of nitrogens with one attached hydrogen (secondary N) is 1. The summed E-state index contributed by atoms with van der Waals surface area (Å²) in [4.78, 5) is 0. The summed E-state index contributed by atoms with van der Waals surface area (Å²) in [5, 5.41) is 3.96. The number of methoxy groups -OCH3 is 1. The van der Waals surface area contributed by atoms with Gasteiger partial charge in [0.15, 0.2) is 0 Å². The third-order valence-corrected chi connectivity index (χ3v) is 3.65. The fourth-order valence-corrected chi connectivity index (χ4v) is 2.69. The lowest BCUT2D eigenvalue weighted by molar-refractivity contribution is 0.414. The number of ether oxygens (including phenoxy) is 1. The fourth-order valence-electron chi connectivity index (χ4n) is 1.56. The highest BCUT2D eigenvalue weighted by Gasteiger charge is 2.14. The molecule has 3 heteroatoms. The number of thioether (sulfide) groups is 1. The second-order valence-corrected chi connectivity index (χ2v) is 4.54. The van der Waals surface area contributed by atoms with Crippen LogP contribution in [0.15, 0.2) is 24.3 Å². The minimum Gasteiger partial charge on any atom is -0.497 e. The molecule has 76 valence electrons. The van der Waals surface area contributed by atoms with Crippen molar-refractivity contribution in [2.24, 2.45) is 0 Å². The van der Waals surface area contributed by atoms with Crippen LogP contribution in [0.5, 0.6) is 5.75 Å². The van der Waals surface area contributed by atoms with E-state index in [2.05, 4.69) is 17.4 Å². The second-order valence-electron chi connectivity index (χ2n) is 3.33. The van der Waals surface area contributed by atoms with Crippen LogP contribution in [0.3, 0.4) is 0 Å². The van der Waals surface area contributed by atoms with Gasteiger partial charge in [-0.3, -0.25) is 0 Å². The molecular weight excluding hydrogens is 194 g/mol. The van der Waals surface area contributed by atoms with Crippen molar-refractivity contribution in [3.05, 3.63) is 29.8 Å². The van der Waals surface area contributed by atoms with Gasteiger partial charge in [0.2, 0.25) is 0 Å². The summed E-state index contributed by atoms with van der Waals surface area (Å²) in [7, 11) is 1.70. The topological polar surface area (TPSA) is 21.3 Å². The van der Waals surface area contributed by atoms with Gasteiger partial charge in [0, 0.05) is 0 Å². The first kappa shape index (κ1) is 9.87. The molecule has 0 amide bonds. The van der Waals surface area contributed by atoms with E-state index in [-0.39, 0.29) is 0 Å². The van der Waals surface area contributed by atoms with Crippen LogP contribution in [0.1, 0.15) is 17.4 Å². The van der Waals surface area contributed by atoms with Gasteiger partial charge in [0.1, 0.15) is 5.75 Å². The van der Waals surface area contributed by atoms with Crippen LogP contribution in [0, 0.1) is 0 Å². The molecule has 0 spiro atoms. The van der Waals surface area contributed by atoms with E-state index in [0.29, 0.717) is 5.37 Å². The maximum atomic E-state index is 5.13. The van der Waals surface area contributed by atoms with E-state index in [9.17, 15) is 0 Å². The largest absolute Gasteiger partial charge is 0.497 e. The summed E-state index contributed by atoms with van der Waals surface area (Å²) < 4.78 is 5.13. The SMILES string of the molecule is COc1ccc(C2NCCCS2)cc1. The summed E-state index contributed by atoms with van der Waals surface area (Å²) in [6.07, 6.45) is 1.28. The quantitative estimate of drug-likeness (QED) is 0.808. The van der Waals surface area contributed by atoms with Crippen LogP contribution in [0.4, 0.5) is 0 Å². The van der Waals surface area contributed by atoms with Crippen molar-refractivity contribution in [1.29, 1.82) is 0 Å². The van der Waals surface area contributed by atoms with Crippen molar-refractivity contribution in [3.8, 4) is 5.75 Å². The fraction of sp³-hybridized carbons (Fsp3) is 0.455. The standard InChI is InChI=1S/C11H15NOS/c1-13-10-5-3-9(4-6-10)11-12-7-2-8-14-11/h3-6,11-12H,2,7-8H2,1H3. The molecule has 2 rings (SSSR count). The van der Waals surface area contributed by atoms with E-state index in [1.165, 1.54) is 17.7 Å². The molecule has 1 heterocycles. The molecule has 0 bridgehead atoms. The molecule has 1 unspecified atom stereocenters. The van der Waals surface area contributed by atoms with Crippen LogP contribution in [-0.2, 0) is 0 Å². The number of hydrogen-bond donors (Lipinski definition) is 1. The maximum absolute atomic E-state index is 5.13. The third kappa shape index (κ3) is 2.22. The molecule has 0 radical (unpaired) electrons. The smallest absolute Gasteiger partial charge is 0.118 e. The number of benzene rings is 1. The third-order valence-electron chi connectivity index (χ3n) is 2.35. The summed E-state index contributed by atoms with van der Waals surface area (Å²) in [6, 6.07) is 8.31. The lowest BCUT2D eigenvalue weighted by Crippen LogP contribution is -2.25. The Hall–Kier alpha value is -0.670. The van der Waals surface area contributed by atoms with E-state index in [0.717, 1.165) is 12.3 Å². The number of rotatable bonds is 2. The first-order chi connectivity index (χ1) is 6.90. The molecule has 0 aliphatic carbocycles. The Balaban J connectivity index is 2.07. The first-order valence-electron chi connectivity index (χ1n) is 4.89. The van der Waals surface area contributed by atoms with Gasteiger partial charge in [0.05, 0.1) is 12.5 Å². The van der Waals surface area contributed by atoms with E-state index in [1.807, 2.05) is 23.9 Å². The zero-order valence-corrected chi connectivity index (χ0v) is 9.14. The molecule has 1 N–H and O–H groups in total. The maximum Gasteiger partial charge on any atom is 0.118 e. The van der Waals surface area contributed by atoms with Gasteiger partial charge in [-0.25, -0.2) is 0 Å². The van der Waals surface area contributed by atoms with Crippen molar-refractivity contribution >= 4 is 11.8 Å². The van der Waals surface area contributed by atoms with Crippen LogP contribution < -0.4 is 10.1 Å². The summed E-state index contributed by atoms with van der Waals surface area (Å²) in [5.41, 5.74) is 1.34. The van der Waals surface area contributed by atoms with Crippen molar-refractivity contribution < 1.29 is 4.74 Å². The average Bonchev–Trinajstić information content (AvgIpc) is 2.30. The summed E-state index contributed by atoms with van der Waals surface area (Å²) in [5.74, 6) is 2.18. The Morgan fingerprint density at radius 1 is 1.36 bits per heavy atom. The van der Waals surface area contributed by atoms with Crippen molar-refractivity contribution in [3.63, 3.8) is 0 Å². The van der Waals surface area contributed by atoms with Gasteiger partial charge >= 0.3 is 0 Å². The van der Waals surface area contributed by atoms with Gasteiger partial charge in [-0.2, -0.15) is 0 Å². The Morgan fingerprint density at radius 3 is 2.71 bits per heavy atom. The molecule has 1 aromatic rings. The molecule has 1 aromatic carbocycles. The van der Waals surface area contributed by atoms with Gasteiger partial charge in [0.25, 0.3) is 0 Å². The predicted octanol–water partition coefficient (Wildman–Crippen LogP) is 2.42. The molecule has 1 saturated heterocycles. The lowest BCUT2D eigenvalue weighted by Gasteiger charge is -2.23. The Labute approximate surface area is 89.0 Å². The average molecular weight is 209 g/mol. The zero-order valence-electron chi connectivity index (χ0n) is 8.32. The molecule has 1 aliphatic rings. The monoisotopic (exact) mass is 209 g/mol. The highest BCUT2D eigenvalue weighted by molar-refractivity contribution is 7.99. The molecular formula is C11H15NOS. The Kier molecular flexibility index (Phi) is 3.32. The first-order valence-corrected chi connectivity index (χ1v) is 5.94. The van der Waals surface area contributed by atoms with Gasteiger partial charge in [-0.05, 0) is 36.4 Å². The van der Waals surface area contributed by atoms with Gasteiger partial charge in [-0.1, -0.05) is 12.1 Å². The van der Waals surface area contributed by atoms with Crippen molar-refractivity contribution in [1.82, 2.24) is 5.32 Å². The molecule has 0 saturated carbocycles. The van der Waals surface area contributed by atoms with E-state index >= 15 is 0 Å². The van der Waals surface area contributed by atoms with Gasteiger partial charge < -0.3 is 10.1 Å². The predicted molar refractivity (Wildman–Crippen MR) is 60.8 cm³/mol. The minimum absolute atomic E-state index is 0.467. The van der Waals surface area contributed by atoms with Crippen molar-refractivity contribution in [2.75, 3.05) is 19.4 Å². The summed E-state index contributed by atoms with van der Waals surface area (Å²) >= 11 is 1.98. The lowest BCUT2D eigenvalue weighted by atomic mass is 10.2. The van der Waals surface area contributed by atoms with E-state index < -0.39 is 0 Å². The molecule has 1 aliphatic heterocycles. The Morgan fingerprint density at radius 2 is 2.14 bits per heavy atom. The number of hydrogen-bond acceptors (Lipinski definition) is 3. The molecule has 1 fully saturated rings. The van der Waals surface area contributed by atoms with E-state index in [4.69, 9.17) is 4.74 Å². The second kappa shape index (κ2) is 4.71. The Bertz CT molecular complexity index is 280. The molecule has 14 heavy (non-hydrogen) atoms. The van der Waals surface area contributed by atoms with Crippen LogP contribution in [0.2, 0.25) is 0 Å². The van der Waals surface area contributed by atoms with Crippen LogP contribution >= 0.6 is 11.8 Å².